The second-order valence-corrected chi connectivity index (χ2v) is 5.94. The average Bonchev–Trinajstić information content (AvgIpc) is 2.85. The predicted octanol–water partition coefficient (Wildman–Crippen LogP) is 2.19. The third-order valence-corrected chi connectivity index (χ3v) is 4.26. The average molecular weight is 338 g/mol. The Morgan fingerprint density at radius 2 is 1.68 bits per heavy atom. The van der Waals surface area contributed by atoms with Crippen molar-refractivity contribution in [2.75, 3.05) is 21.2 Å². The first kappa shape index (κ1) is 16.7. The zero-order valence-corrected chi connectivity index (χ0v) is 14.3. The third-order valence-electron chi connectivity index (χ3n) is 4.26. The largest absolute Gasteiger partial charge is 0.497 e. The summed E-state index contributed by atoms with van der Waals surface area (Å²) in [6, 6.07) is 12.1. The highest BCUT2D eigenvalue weighted by Gasteiger charge is 2.33. The maximum atomic E-state index is 12.6. The van der Waals surface area contributed by atoms with Gasteiger partial charge in [-0.2, -0.15) is 0 Å². The molecule has 1 heterocycles. The van der Waals surface area contributed by atoms with Gasteiger partial charge in [-0.05, 0) is 35.9 Å². The molecule has 6 nitrogen and oxygen atoms in total. The zero-order valence-electron chi connectivity index (χ0n) is 14.3. The first-order valence-electron chi connectivity index (χ1n) is 7.77. The molecule has 0 bridgehead atoms. The fraction of sp³-hybridized carbons (Fsp3) is 0.211. The lowest BCUT2D eigenvalue weighted by molar-refractivity contribution is 0.0692. The van der Waals surface area contributed by atoms with Crippen LogP contribution >= 0.6 is 0 Å². The first-order valence-corrected chi connectivity index (χ1v) is 7.77. The van der Waals surface area contributed by atoms with Crippen LogP contribution in [-0.2, 0) is 6.54 Å². The van der Waals surface area contributed by atoms with Crippen molar-refractivity contribution in [1.82, 2.24) is 9.80 Å². The van der Waals surface area contributed by atoms with E-state index < -0.39 is 0 Å². The standard InChI is InChI=1S/C19H18N2O4/c1-20(11-12-4-7-14(25-3)8-5-12)17(22)13-6-9-15-16(10-13)19(24)21(2)18(15)23/h4-10H,11H2,1-3H3. The van der Waals surface area contributed by atoms with Crippen molar-refractivity contribution < 1.29 is 19.1 Å². The van der Waals surface area contributed by atoms with Crippen LogP contribution in [0.1, 0.15) is 36.6 Å². The number of nitrogens with zero attached hydrogens (tertiary/aromatic N) is 2. The molecule has 0 saturated carbocycles. The van der Waals surface area contributed by atoms with Crippen LogP contribution in [0, 0.1) is 0 Å². The third kappa shape index (κ3) is 2.98. The molecule has 3 rings (SSSR count). The lowest BCUT2D eigenvalue weighted by atomic mass is 10.0. The van der Waals surface area contributed by atoms with Gasteiger partial charge in [-0.3, -0.25) is 19.3 Å². The molecule has 128 valence electrons. The van der Waals surface area contributed by atoms with E-state index in [4.69, 9.17) is 4.74 Å². The van der Waals surface area contributed by atoms with E-state index in [-0.39, 0.29) is 23.3 Å². The molecule has 0 spiro atoms. The number of methoxy groups -OCH3 is 1. The molecule has 0 radical (unpaired) electrons. The summed E-state index contributed by atoms with van der Waals surface area (Å²) >= 11 is 0. The summed E-state index contributed by atoms with van der Waals surface area (Å²) in [5, 5.41) is 0. The van der Waals surface area contributed by atoms with Crippen molar-refractivity contribution in [2.45, 2.75) is 6.54 Å². The summed E-state index contributed by atoms with van der Waals surface area (Å²) in [6.45, 7) is 0.423. The summed E-state index contributed by atoms with van der Waals surface area (Å²) in [6.07, 6.45) is 0. The van der Waals surface area contributed by atoms with Crippen LogP contribution in [0.15, 0.2) is 42.5 Å². The Morgan fingerprint density at radius 3 is 2.32 bits per heavy atom. The second kappa shape index (κ2) is 6.39. The van der Waals surface area contributed by atoms with Crippen LogP contribution in [-0.4, -0.2) is 48.7 Å². The molecule has 2 aromatic carbocycles. The summed E-state index contributed by atoms with van der Waals surface area (Å²) in [5.74, 6) is -0.185. The molecule has 25 heavy (non-hydrogen) atoms. The minimum Gasteiger partial charge on any atom is -0.497 e. The summed E-state index contributed by atoms with van der Waals surface area (Å²) in [5.41, 5.74) is 1.95. The van der Waals surface area contributed by atoms with Crippen LogP contribution in [0.4, 0.5) is 0 Å². The van der Waals surface area contributed by atoms with Crippen LogP contribution < -0.4 is 4.74 Å². The lowest BCUT2D eigenvalue weighted by Gasteiger charge is -2.18. The van der Waals surface area contributed by atoms with Crippen molar-refractivity contribution >= 4 is 17.7 Å². The van der Waals surface area contributed by atoms with Gasteiger partial charge in [0.15, 0.2) is 0 Å². The Bertz CT molecular complexity index is 858. The highest BCUT2D eigenvalue weighted by molar-refractivity contribution is 6.21. The SMILES string of the molecule is COc1ccc(CN(C)C(=O)c2ccc3c(c2)C(=O)N(C)C3=O)cc1. The Hall–Kier alpha value is -3.15. The summed E-state index contributed by atoms with van der Waals surface area (Å²) in [4.78, 5) is 39.2. The van der Waals surface area contributed by atoms with E-state index in [0.717, 1.165) is 16.2 Å². The van der Waals surface area contributed by atoms with Crippen molar-refractivity contribution in [3.8, 4) is 5.75 Å². The zero-order chi connectivity index (χ0) is 18.1. The second-order valence-electron chi connectivity index (χ2n) is 5.94. The predicted molar refractivity (Wildman–Crippen MR) is 91.7 cm³/mol. The summed E-state index contributed by atoms with van der Waals surface area (Å²) in [7, 11) is 4.73. The number of carbonyl (C=O) groups is 3. The smallest absolute Gasteiger partial charge is 0.261 e. The van der Waals surface area contributed by atoms with Gasteiger partial charge in [0.2, 0.25) is 0 Å². The number of hydrogen-bond donors (Lipinski definition) is 0. The quantitative estimate of drug-likeness (QED) is 0.802. The molecule has 0 N–H and O–H groups in total. The number of fused-ring (bicyclic) bond motifs is 1. The van der Waals surface area contributed by atoms with Gasteiger partial charge in [0.1, 0.15) is 5.75 Å². The van der Waals surface area contributed by atoms with Gasteiger partial charge in [-0.1, -0.05) is 12.1 Å². The van der Waals surface area contributed by atoms with E-state index in [9.17, 15) is 14.4 Å². The molecule has 2 aromatic rings. The normalized spacial score (nSPS) is 13.0. The fourth-order valence-corrected chi connectivity index (χ4v) is 2.79. The van der Waals surface area contributed by atoms with Crippen LogP contribution in [0.25, 0.3) is 0 Å². The molecule has 0 aliphatic carbocycles. The number of rotatable bonds is 4. The van der Waals surface area contributed by atoms with Crippen molar-refractivity contribution in [3.05, 3.63) is 64.7 Å². The highest BCUT2D eigenvalue weighted by Crippen LogP contribution is 2.23. The lowest BCUT2D eigenvalue weighted by Crippen LogP contribution is -2.26. The van der Waals surface area contributed by atoms with Gasteiger partial charge in [-0.25, -0.2) is 0 Å². The molecule has 6 heteroatoms. The molecular weight excluding hydrogens is 320 g/mol. The number of benzene rings is 2. The topological polar surface area (TPSA) is 66.9 Å². The Labute approximate surface area is 145 Å². The van der Waals surface area contributed by atoms with Gasteiger partial charge in [0, 0.05) is 26.2 Å². The van der Waals surface area contributed by atoms with Crippen molar-refractivity contribution in [3.63, 3.8) is 0 Å². The maximum Gasteiger partial charge on any atom is 0.261 e. The van der Waals surface area contributed by atoms with Gasteiger partial charge < -0.3 is 9.64 Å². The van der Waals surface area contributed by atoms with E-state index in [1.165, 1.54) is 19.2 Å². The van der Waals surface area contributed by atoms with E-state index in [2.05, 4.69) is 0 Å². The molecule has 0 unspecified atom stereocenters. The summed E-state index contributed by atoms with van der Waals surface area (Å²) < 4.78 is 5.12. The molecule has 3 amide bonds. The van der Waals surface area contributed by atoms with E-state index in [1.54, 1.807) is 25.1 Å². The molecule has 1 aliphatic heterocycles. The molecule has 1 aliphatic rings. The van der Waals surface area contributed by atoms with Gasteiger partial charge in [0.05, 0.1) is 18.2 Å². The van der Waals surface area contributed by atoms with Gasteiger partial charge >= 0.3 is 0 Å². The van der Waals surface area contributed by atoms with Crippen LogP contribution in [0.5, 0.6) is 5.75 Å². The number of carbonyl (C=O) groups excluding carboxylic acids is 3. The first-order chi connectivity index (χ1) is 11.9. The van der Waals surface area contributed by atoms with Gasteiger partial charge in [-0.15, -0.1) is 0 Å². The number of ether oxygens (including phenoxy) is 1. The van der Waals surface area contributed by atoms with E-state index in [0.29, 0.717) is 17.7 Å². The molecule has 0 atom stereocenters. The number of amides is 3. The molecule has 0 aromatic heterocycles. The Morgan fingerprint density at radius 1 is 1.04 bits per heavy atom. The number of imide groups is 1. The Balaban J connectivity index is 1.79. The van der Waals surface area contributed by atoms with Gasteiger partial charge in [0.25, 0.3) is 17.7 Å². The Kier molecular flexibility index (Phi) is 4.27. The van der Waals surface area contributed by atoms with Crippen LogP contribution in [0.3, 0.4) is 0 Å². The minimum atomic E-state index is -0.382. The molecule has 0 saturated heterocycles. The van der Waals surface area contributed by atoms with E-state index in [1.807, 2.05) is 24.3 Å². The van der Waals surface area contributed by atoms with E-state index >= 15 is 0 Å². The fourth-order valence-electron chi connectivity index (χ4n) is 2.79. The molecular formula is C19H18N2O4. The minimum absolute atomic E-state index is 0.214. The van der Waals surface area contributed by atoms with Crippen LogP contribution in [0.2, 0.25) is 0 Å². The van der Waals surface area contributed by atoms with Crippen molar-refractivity contribution in [2.24, 2.45) is 0 Å². The highest BCUT2D eigenvalue weighted by atomic mass is 16.5. The van der Waals surface area contributed by atoms with Crippen molar-refractivity contribution in [1.29, 1.82) is 0 Å². The number of hydrogen-bond acceptors (Lipinski definition) is 4. The molecule has 0 fully saturated rings. The monoisotopic (exact) mass is 338 g/mol. The maximum absolute atomic E-state index is 12.6.